The number of ether oxygens (including phenoxy) is 2. The van der Waals surface area contributed by atoms with Crippen molar-refractivity contribution >= 4 is 17.8 Å². The summed E-state index contributed by atoms with van der Waals surface area (Å²) in [5, 5.41) is 0. The number of fused-ring (bicyclic) bond motifs is 1. The zero-order valence-electron chi connectivity index (χ0n) is 16.0. The van der Waals surface area contributed by atoms with Crippen LogP contribution in [0, 0.1) is 11.8 Å². The predicted octanol–water partition coefficient (Wildman–Crippen LogP) is 3.32. The summed E-state index contributed by atoms with van der Waals surface area (Å²) in [5.74, 6) is 0.255. The summed E-state index contributed by atoms with van der Waals surface area (Å²) in [5.41, 5.74) is -0.623. The molecule has 1 amide bonds. The first kappa shape index (κ1) is 19.7. The van der Waals surface area contributed by atoms with Crippen LogP contribution >= 0.6 is 0 Å². The van der Waals surface area contributed by atoms with Gasteiger partial charge in [0.1, 0.15) is 17.4 Å². The molecule has 1 saturated heterocycles. The van der Waals surface area contributed by atoms with Gasteiger partial charge in [-0.05, 0) is 58.8 Å². The van der Waals surface area contributed by atoms with E-state index in [1.54, 1.807) is 0 Å². The summed E-state index contributed by atoms with van der Waals surface area (Å²) in [6, 6.07) is -0.670. The monoisotopic (exact) mass is 353 g/mol. The first-order chi connectivity index (χ1) is 11.6. The number of likely N-dealkylation sites (tertiary alicyclic amines) is 1. The van der Waals surface area contributed by atoms with E-state index in [2.05, 4.69) is 0 Å². The fraction of sp³-hybridized carbons (Fsp3) is 0.842. The third-order valence-corrected chi connectivity index (χ3v) is 5.08. The van der Waals surface area contributed by atoms with Gasteiger partial charge < -0.3 is 9.47 Å². The number of piperidine rings is 1. The van der Waals surface area contributed by atoms with Crippen molar-refractivity contribution in [3.63, 3.8) is 0 Å². The molecule has 1 heterocycles. The lowest BCUT2D eigenvalue weighted by Crippen LogP contribution is -2.56. The lowest BCUT2D eigenvalue weighted by Gasteiger charge is -2.44. The van der Waals surface area contributed by atoms with Gasteiger partial charge in [0, 0.05) is 19.4 Å². The number of hydrogen-bond acceptors (Lipinski definition) is 5. The number of Topliss-reactive ketones (excluding diaryl/α,β-unsaturated/α-hetero) is 1. The molecule has 0 bridgehead atoms. The fourth-order valence-electron chi connectivity index (χ4n) is 3.56. The van der Waals surface area contributed by atoms with Gasteiger partial charge in [0.25, 0.3) is 0 Å². The Labute approximate surface area is 150 Å². The Hall–Kier alpha value is -1.59. The topological polar surface area (TPSA) is 72.9 Å². The average Bonchev–Trinajstić information content (AvgIpc) is 2.51. The maximum Gasteiger partial charge on any atom is 0.411 e. The number of amides is 1. The van der Waals surface area contributed by atoms with Crippen LogP contribution in [0.2, 0.25) is 0 Å². The van der Waals surface area contributed by atoms with Crippen LogP contribution in [0.5, 0.6) is 0 Å². The molecule has 4 atom stereocenters. The van der Waals surface area contributed by atoms with E-state index in [-0.39, 0.29) is 23.7 Å². The van der Waals surface area contributed by atoms with Crippen molar-refractivity contribution in [2.24, 2.45) is 11.8 Å². The Morgan fingerprint density at radius 3 is 2.56 bits per heavy atom. The minimum Gasteiger partial charge on any atom is -0.461 e. The van der Waals surface area contributed by atoms with Crippen LogP contribution in [0.25, 0.3) is 0 Å². The Balaban J connectivity index is 2.17. The highest BCUT2D eigenvalue weighted by atomic mass is 16.6. The molecule has 2 aliphatic rings. The number of ketones is 1. The van der Waals surface area contributed by atoms with Gasteiger partial charge in [-0.3, -0.25) is 9.69 Å². The largest absolute Gasteiger partial charge is 0.461 e. The standard InChI is InChI=1S/C19H31NO5/c1-6-12(2)24-17(22)16-10-14-9-15(21)8-7-13(14)11-20(16)18(23)25-19(3,4)5/h12-14,16H,6-11H2,1-5H3. The number of nitrogens with zero attached hydrogens (tertiary/aromatic N) is 1. The molecular weight excluding hydrogens is 322 g/mol. The van der Waals surface area contributed by atoms with Crippen molar-refractivity contribution in [2.45, 2.75) is 84.5 Å². The van der Waals surface area contributed by atoms with E-state index in [9.17, 15) is 14.4 Å². The molecule has 2 rings (SSSR count). The first-order valence-corrected chi connectivity index (χ1v) is 9.32. The van der Waals surface area contributed by atoms with Crippen molar-refractivity contribution in [1.82, 2.24) is 4.90 Å². The summed E-state index contributed by atoms with van der Waals surface area (Å²) >= 11 is 0. The van der Waals surface area contributed by atoms with E-state index in [1.165, 1.54) is 4.90 Å². The van der Waals surface area contributed by atoms with Gasteiger partial charge in [0.15, 0.2) is 0 Å². The molecule has 4 unspecified atom stereocenters. The lowest BCUT2D eigenvalue weighted by molar-refractivity contribution is -0.158. The van der Waals surface area contributed by atoms with Gasteiger partial charge in [-0.15, -0.1) is 0 Å². The number of carbonyl (C=O) groups is 3. The molecule has 25 heavy (non-hydrogen) atoms. The highest BCUT2D eigenvalue weighted by Gasteiger charge is 2.45. The van der Waals surface area contributed by atoms with Crippen LogP contribution < -0.4 is 0 Å². The highest BCUT2D eigenvalue weighted by molar-refractivity contribution is 5.83. The first-order valence-electron chi connectivity index (χ1n) is 9.32. The van der Waals surface area contributed by atoms with E-state index >= 15 is 0 Å². The second-order valence-corrected chi connectivity index (χ2v) is 8.34. The average molecular weight is 353 g/mol. The van der Waals surface area contributed by atoms with Gasteiger partial charge >= 0.3 is 12.1 Å². The lowest BCUT2D eigenvalue weighted by atomic mass is 9.72. The summed E-state index contributed by atoms with van der Waals surface area (Å²) in [6.45, 7) is 9.66. The van der Waals surface area contributed by atoms with Crippen LogP contribution in [0.3, 0.4) is 0 Å². The Morgan fingerprint density at radius 2 is 1.96 bits per heavy atom. The normalized spacial score (nSPS) is 28.1. The number of esters is 1. The minimum absolute atomic E-state index is 0.148. The van der Waals surface area contributed by atoms with Crippen LogP contribution in [0.15, 0.2) is 0 Å². The Kier molecular flexibility index (Phi) is 6.12. The molecule has 1 aliphatic heterocycles. The SMILES string of the molecule is CCC(C)OC(=O)C1CC2CC(=O)CCC2CN1C(=O)OC(C)(C)C. The quantitative estimate of drug-likeness (QED) is 0.728. The fourth-order valence-corrected chi connectivity index (χ4v) is 3.56. The summed E-state index contributed by atoms with van der Waals surface area (Å²) in [6.07, 6.45) is 2.36. The van der Waals surface area contributed by atoms with Crippen molar-refractivity contribution in [1.29, 1.82) is 0 Å². The van der Waals surface area contributed by atoms with Gasteiger partial charge in [-0.25, -0.2) is 9.59 Å². The van der Waals surface area contributed by atoms with Crippen LogP contribution in [-0.4, -0.2) is 47.0 Å². The second kappa shape index (κ2) is 7.75. The molecule has 0 aromatic rings. The van der Waals surface area contributed by atoms with Gasteiger partial charge in [0.05, 0.1) is 6.10 Å². The van der Waals surface area contributed by atoms with Crippen LogP contribution in [0.1, 0.15) is 66.7 Å². The van der Waals surface area contributed by atoms with Crippen molar-refractivity contribution in [2.75, 3.05) is 6.54 Å². The predicted molar refractivity (Wildman–Crippen MR) is 93.0 cm³/mol. The molecule has 6 nitrogen and oxygen atoms in total. The smallest absolute Gasteiger partial charge is 0.411 e. The number of rotatable bonds is 3. The maximum atomic E-state index is 12.7. The van der Waals surface area contributed by atoms with Crippen molar-refractivity contribution in [3.05, 3.63) is 0 Å². The van der Waals surface area contributed by atoms with Crippen LogP contribution in [0.4, 0.5) is 4.79 Å². The highest BCUT2D eigenvalue weighted by Crippen LogP contribution is 2.38. The molecule has 0 radical (unpaired) electrons. The second-order valence-electron chi connectivity index (χ2n) is 8.34. The zero-order chi connectivity index (χ0) is 18.8. The van der Waals surface area contributed by atoms with E-state index in [4.69, 9.17) is 9.47 Å². The maximum absolute atomic E-state index is 12.7. The van der Waals surface area contributed by atoms with Crippen molar-refractivity contribution < 1.29 is 23.9 Å². The molecule has 0 spiro atoms. The molecule has 1 saturated carbocycles. The molecule has 2 fully saturated rings. The van der Waals surface area contributed by atoms with Crippen LogP contribution in [-0.2, 0) is 19.1 Å². The molecule has 142 valence electrons. The zero-order valence-corrected chi connectivity index (χ0v) is 16.0. The molecule has 1 aliphatic carbocycles. The molecule has 0 N–H and O–H groups in total. The third kappa shape index (κ3) is 5.19. The van der Waals surface area contributed by atoms with E-state index in [0.29, 0.717) is 25.8 Å². The molecular formula is C19H31NO5. The van der Waals surface area contributed by atoms with E-state index < -0.39 is 23.7 Å². The minimum atomic E-state index is -0.670. The Morgan fingerprint density at radius 1 is 1.28 bits per heavy atom. The van der Waals surface area contributed by atoms with Gasteiger partial charge in [0.2, 0.25) is 0 Å². The van der Waals surface area contributed by atoms with Gasteiger partial charge in [-0.2, -0.15) is 0 Å². The molecule has 0 aromatic carbocycles. The Bertz CT molecular complexity index is 524. The van der Waals surface area contributed by atoms with Gasteiger partial charge in [-0.1, -0.05) is 6.92 Å². The van der Waals surface area contributed by atoms with Crippen molar-refractivity contribution in [3.8, 4) is 0 Å². The van der Waals surface area contributed by atoms with E-state index in [1.807, 2.05) is 34.6 Å². The summed E-state index contributed by atoms with van der Waals surface area (Å²) in [4.78, 5) is 38.6. The number of hydrogen-bond donors (Lipinski definition) is 0. The molecule has 6 heteroatoms. The molecule has 0 aromatic heterocycles. The summed E-state index contributed by atoms with van der Waals surface area (Å²) in [7, 11) is 0. The third-order valence-electron chi connectivity index (χ3n) is 5.08. The van der Waals surface area contributed by atoms with E-state index in [0.717, 1.165) is 12.8 Å². The number of carbonyl (C=O) groups excluding carboxylic acids is 3. The summed E-state index contributed by atoms with van der Waals surface area (Å²) < 4.78 is 11.0.